The van der Waals surface area contributed by atoms with Crippen LogP contribution in [0.5, 0.6) is 0 Å². The summed E-state index contributed by atoms with van der Waals surface area (Å²) >= 11 is 0. The minimum absolute atomic E-state index is 0.0155. The zero-order valence-electron chi connectivity index (χ0n) is 40.4. The third-order valence-electron chi connectivity index (χ3n) is 11.8. The highest BCUT2D eigenvalue weighted by Crippen LogP contribution is 2.44. The highest BCUT2D eigenvalue weighted by atomic mass is 19.4. The van der Waals surface area contributed by atoms with E-state index in [4.69, 9.17) is 15.0 Å². The number of nitrogens with zero attached hydrogens (tertiary/aromatic N) is 11. The molecule has 0 bridgehead atoms. The van der Waals surface area contributed by atoms with Crippen LogP contribution in [-0.2, 0) is 12.4 Å². The SMILES string of the molecule is C=C(/C=C\C)N(C(=C)/C=C\CC)c1ccc(C(F)(F)F)cc1-c1nc(-c2ccccc2)nc(-c2cc(C(F)(F)F)ccc2-n2c3ccc(-c4nc(C)nc(C)n4)cc3c3cc(-c4nc(C)nc(C)n4)ccc32)n1. The van der Waals surface area contributed by atoms with Gasteiger partial charge in [-0.05, 0) is 126 Å². The zero-order chi connectivity index (χ0) is 51.9. The Bertz CT molecular complexity index is 3560. The van der Waals surface area contributed by atoms with Gasteiger partial charge in [0.15, 0.2) is 29.1 Å². The molecule has 17 heteroatoms. The predicted octanol–water partition coefficient (Wildman–Crippen LogP) is 14.3. The van der Waals surface area contributed by atoms with Crippen LogP contribution in [-0.4, -0.2) is 49.4 Å². The van der Waals surface area contributed by atoms with Crippen molar-refractivity contribution in [2.75, 3.05) is 4.90 Å². The van der Waals surface area contributed by atoms with Crippen molar-refractivity contribution in [3.8, 4) is 62.6 Å². The van der Waals surface area contributed by atoms with E-state index >= 15 is 13.2 Å². The molecule has 11 nitrogen and oxygen atoms in total. The van der Waals surface area contributed by atoms with Gasteiger partial charge < -0.3 is 9.47 Å². The minimum Gasteiger partial charge on any atom is -0.311 e. The molecule has 0 saturated carbocycles. The Kier molecular flexibility index (Phi) is 13.1. The van der Waals surface area contributed by atoms with Crippen LogP contribution in [0.3, 0.4) is 0 Å². The number of alkyl halides is 6. The number of fused-ring (bicyclic) bond motifs is 3. The van der Waals surface area contributed by atoms with E-state index < -0.39 is 23.5 Å². The first-order valence-electron chi connectivity index (χ1n) is 23.0. The lowest BCUT2D eigenvalue weighted by molar-refractivity contribution is -0.138. The summed E-state index contributed by atoms with van der Waals surface area (Å²) in [5, 5.41) is 1.35. The minimum atomic E-state index is -4.84. The largest absolute Gasteiger partial charge is 0.416 e. The van der Waals surface area contributed by atoms with Crippen LogP contribution in [0.15, 0.2) is 152 Å². The molecule has 0 saturated heterocycles. The van der Waals surface area contributed by atoms with Gasteiger partial charge in [0.25, 0.3) is 0 Å². The maximum absolute atomic E-state index is 15.0. The van der Waals surface area contributed by atoms with Crippen LogP contribution >= 0.6 is 0 Å². The molecule has 5 aromatic carbocycles. The van der Waals surface area contributed by atoms with Gasteiger partial charge in [-0.1, -0.05) is 62.6 Å². The van der Waals surface area contributed by atoms with E-state index in [9.17, 15) is 13.2 Å². The van der Waals surface area contributed by atoms with Crippen molar-refractivity contribution >= 4 is 27.5 Å². The zero-order valence-corrected chi connectivity index (χ0v) is 40.4. The lowest BCUT2D eigenvalue weighted by atomic mass is 10.0. The number of hydrogen-bond donors (Lipinski definition) is 0. The topological polar surface area (TPSA) is 124 Å². The maximum Gasteiger partial charge on any atom is 0.416 e. The fraction of sp³-hybridized carbons (Fsp3) is 0.161. The number of aromatic nitrogens is 10. The van der Waals surface area contributed by atoms with Crippen molar-refractivity contribution in [2.24, 2.45) is 0 Å². The van der Waals surface area contributed by atoms with E-state index in [1.165, 1.54) is 12.1 Å². The Hall–Kier alpha value is -8.73. The third kappa shape index (κ3) is 9.98. The summed E-state index contributed by atoms with van der Waals surface area (Å²) in [5.74, 6) is 2.35. The summed E-state index contributed by atoms with van der Waals surface area (Å²) in [6, 6.07) is 26.0. The maximum atomic E-state index is 15.0. The van der Waals surface area contributed by atoms with Crippen molar-refractivity contribution in [1.29, 1.82) is 0 Å². The highest BCUT2D eigenvalue weighted by molar-refractivity contribution is 6.12. The van der Waals surface area contributed by atoms with E-state index in [0.29, 0.717) is 91.3 Å². The second-order valence-corrected chi connectivity index (χ2v) is 17.1. The third-order valence-corrected chi connectivity index (χ3v) is 11.8. The molecule has 0 spiro atoms. The lowest BCUT2D eigenvalue weighted by Gasteiger charge is -2.28. The molecule has 0 aliphatic carbocycles. The number of allylic oxidation sites excluding steroid dienone is 4. The number of halogens is 6. The van der Waals surface area contributed by atoms with Gasteiger partial charge in [-0.2, -0.15) is 26.3 Å². The Morgan fingerprint density at radius 1 is 0.521 bits per heavy atom. The van der Waals surface area contributed by atoms with Gasteiger partial charge in [0.1, 0.15) is 23.3 Å². The standard InChI is InChI=1S/C56H45F6N11/c1-9-11-16-32(4)72(31(3)15-10-2)48-25-21-40(55(57,58)59)29-44(48)53-69-50(37-17-13-12-14-18-37)70-54(71-53)45-30-41(56(60,61)62)22-26-49(45)73-46-23-19-38(51-65-33(5)63-34(6)66-51)27-42(46)43-28-39(20-24-47(43)73)52-67-35(7)64-36(8)68-52/h10-30H,3-4,9H2,1-2,5-8H3/b15-10-,16-11-. The average molecular weight is 986 g/mol. The molecule has 366 valence electrons. The normalized spacial score (nSPS) is 12.2. The molecule has 0 radical (unpaired) electrons. The number of aryl methyl sites for hydroxylation is 4. The van der Waals surface area contributed by atoms with E-state index in [1.807, 2.05) is 49.4 Å². The summed E-state index contributed by atoms with van der Waals surface area (Å²) in [5.41, 5.74) is 1.69. The highest BCUT2D eigenvalue weighted by Gasteiger charge is 2.35. The summed E-state index contributed by atoms with van der Waals surface area (Å²) < 4.78 is 91.3. The van der Waals surface area contributed by atoms with Gasteiger partial charge in [0.2, 0.25) is 0 Å². The molecule has 9 rings (SSSR count). The van der Waals surface area contributed by atoms with E-state index in [2.05, 4.69) is 43.1 Å². The second kappa shape index (κ2) is 19.5. The summed E-state index contributed by atoms with van der Waals surface area (Å²) in [6.07, 6.45) is -2.08. The van der Waals surface area contributed by atoms with Gasteiger partial charge in [-0.3, -0.25) is 0 Å². The predicted molar refractivity (Wildman–Crippen MR) is 272 cm³/mol. The average Bonchev–Trinajstić information content (AvgIpc) is 3.67. The summed E-state index contributed by atoms with van der Waals surface area (Å²) in [7, 11) is 0. The van der Waals surface area contributed by atoms with E-state index in [1.54, 1.807) is 92.6 Å². The van der Waals surface area contributed by atoms with E-state index in [0.717, 1.165) is 24.3 Å². The molecule has 4 heterocycles. The van der Waals surface area contributed by atoms with Gasteiger partial charge in [0.05, 0.1) is 33.5 Å². The smallest absolute Gasteiger partial charge is 0.311 e. The molecule has 4 aromatic heterocycles. The van der Waals surface area contributed by atoms with Crippen molar-refractivity contribution in [1.82, 2.24) is 49.4 Å². The Labute approximate surface area is 416 Å². The first-order chi connectivity index (χ1) is 34.8. The second-order valence-electron chi connectivity index (χ2n) is 17.1. The fourth-order valence-corrected chi connectivity index (χ4v) is 8.65. The Morgan fingerprint density at radius 3 is 1.49 bits per heavy atom. The van der Waals surface area contributed by atoms with Crippen molar-refractivity contribution < 1.29 is 26.3 Å². The number of rotatable bonds is 12. The molecular formula is C56H45F6N11. The Balaban J connectivity index is 1.38. The van der Waals surface area contributed by atoms with Crippen molar-refractivity contribution in [3.05, 3.63) is 186 Å². The van der Waals surface area contributed by atoms with Crippen molar-refractivity contribution in [3.63, 3.8) is 0 Å². The number of hydrogen-bond acceptors (Lipinski definition) is 10. The molecule has 0 aliphatic rings. The molecule has 0 atom stereocenters. The molecule has 0 N–H and O–H groups in total. The molecule has 73 heavy (non-hydrogen) atoms. The first-order valence-corrected chi connectivity index (χ1v) is 23.0. The van der Waals surface area contributed by atoms with Crippen LogP contribution in [0.1, 0.15) is 54.7 Å². The molecule has 9 aromatic rings. The van der Waals surface area contributed by atoms with Crippen LogP contribution in [0.2, 0.25) is 0 Å². The summed E-state index contributed by atoms with van der Waals surface area (Å²) in [4.78, 5) is 43.1. The molecule has 0 aliphatic heterocycles. The van der Waals surface area contributed by atoms with Gasteiger partial charge >= 0.3 is 12.4 Å². The Morgan fingerprint density at radius 2 is 0.986 bits per heavy atom. The van der Waals surface area contributed by atoms with Crippen LogP contribution in [0, 0.1) is 27.7 Å². The lowest BCUT2D eigenvalue weighted by Crippen LogP contribution is -2.20. The molecule has 0 amide bonds. The number of benzene rings is 5. The van der Waals surface area contributed by atoms with Gasteiger partial charge in [-0.25, -0.2) is 44.9 Å². The molecular weight excluding hydrogens is 941 g/mol. The quantitative estimate of drug-likeness (QED) is 0.0863. The first kappa shape index (κ1) is 49.3. The van der Waals surface area contributed by atoms with Crippen LogP contribution in [0.25, 0.3) is 84.4 Å². The van der Waals surface area contributed by atoms with Crippen LogP contribution in [0.4, 0.5) is 32.0 Å². The van der Waals surface area contributed by atoms with Crippen molar-refractivity contribution in [2.45, 2.75) is 60.3 Å². The fourth-order valence-electron chi connectivity index (χ4n) is 8.65. The monoisotopic (exact) mass is 985 g/mol. The van der Waals surface area contributed by atoms with E-state index in [-0.39, 0.29) is 40.0 Å². The van der Waals surface area contributed by atoms with Crippen LogP contribution < -0.4 is 4.90 Å². The van der Waals surface area contributed by atoms with Gasteiger partial charge in [0, 0.05) is 50.0 Å². The summed E-state index contributed by atoms with van der Waals surface area (Å²) in [6.45, 7) is 19.2. The molecule has 0 fully saturated rings. The molecule has 0 unspecified atom stereocenters. The number of anilines is 1. The van der Waals surface area contributed by atoms with Gasteiger partial charge in [-0.15, -0.1) is 0 Å².